The van der Waals surface area contributed by atoms with Crippen molar-refractivity contribution in [2.45, 2.75) is 96.7 Å². The summed E-state index contributed by atoms with van der Waals surface area (Å²) in [6.45, 7) is 11.1. The Bertz CT molecular complexity index is 1600. The van der Waals surface area contributed by atoms with E-state index in [-0.39, 0.29) is 44.1 Å². The fourth-order valence-corrected chi connectivity index (χ4v) is 6.52. The minimum absolute atomic E-state index is 0.115. The number of amides is 5. The van der Waals surface area contributed by atoms with E-state index in [0.717, 1.165) is 44.3 Å². The number of anilines is 1. The second-order valence-corrected chi connectivity index (χ2v) is 14.1. The first-order chi connectivity index (χ1) is 22.6. The number of fused-ring (bicyclic) bond motifs is 1. The number of benzene rings is 1. The number of carbonyl (C=O) groups excluding carboxylic acids is 4. The number of nitrogens with two attached hydrogens (primary N) is 1. The molecule has 5 rings (SSSR count). The van der Waals surface area contributed by atoms with Gasteiger partial charge in [-0.05, 0) is 89.6 Å². The minimum atomic E-state index is -1.41. The molecule has 2 aliphatic heterocycles. The Hall–Kier alpha value is -4.66. The molecular weight excluding hydrogens is 620 g/mol. The number of rotatable bonds is 6. The highest BCUT2D eigenvalue weighted by molar-refractivity contribution is 5.89. The van der Waals surface area contributed by atoms with E-state index in [1.807, 2.05) is 39.0 Å². The van der Waals surface area contributed by atoms with Crippen molar-refractivity contribution in [1.82, 2.24) is 29.6 Å². The van der Waals surface area contributed by atoms with Gasteiger partial charge in [-0.1, -0.05) is 6.07 Å². The Kier molecular flexibility index (Phi) is 9.99. The van der Waals surface area contributed by atoms with Crippen LogP contribution >= 0.6 is 0 Å². The molecule has 0 radical (unpaired) electrons. The van der Waals surface area contributed by atoms with E-state index in [1.54, 1.807) is 12.3 Å². The van der Waals surface area contributed by atoms with Crippen molar-refractivity contribution in [1.29, 1.82) is 0 Å². The molecule has 2 fully saturated rings. The lowest BCUT2D eigenvalue weighted by Crippen LogP contribution is -2.56. The zero-order valence-corrected chi connectivity index (χ0v) is 28.3. The van der Waals surface area contributed by atoms with E-state index in [1.165, 1.54) is 33.8 Å². The normalized spacial score (nSPS) is 20.1. The Labute approximate surface area is 279 Å². The van der Waals surface area contributed by atoms with Crippen LogP contribution in [0.4, 0.5) is 20.2 Å². The SMILES string of the molecule is CC(C)(C)OC(=O)NC1CCC(N2Cc3ccc(-n4ccc(NC(=O)N5CCN(C(=O)C(C)(C)OC(N)=O)CC5)nc4=O)cc3C2)CC1. The summed E-state index contributed by atoms with van der Waals surface area (Å²) in [6.07, 6.45) is 3.95. The summed E-state index contributed by atoms with van der Waals surface area (Å²) in [5, 5.41) is 5.68. The van der Waals surface area contributed by atoms with E-state index in [0.29, 0.717) is 11.7 Å². The number of carbonyl (C=O) groups is 4. The van der Waals surface area contributed by atoms with E-state index in [9.17, 15) is 24.0 Å². The van der Waals surface area contributed by atoms with Gasteiger partial charge in [0, 0.05) is 57.5 Å². The van der Waals surface area contributed by atoms with Crippen molar-refractivity contribution in [3.63, 3.8) is 0 Å². The molecule has 48 heavy (non-hydrogen) atoms. The van der Waals surface area contributed by atoms with Gasteiger partial charge in [0.2, 0.25) is 0 Å². The van der Waals surface area contributed by atoms with Crippen molar-refractivity contribution in [2.75, 3.05) is 31.5 Å². The van der Waals surface area contributed by atoms with Gasteiger partial charge in [0.15, 0.2) is 5.60 Å². The second-order valence-electron chi connectivity index (χ2n) is 14.1. The van der Waals surface area contributed by atoms with Crippen molar-refractivity contribution >= 4 is 29.9 Å². The molecule has 0 atom stereocenters. The highest BCUT2D eigenvalue weighted by Crippen LogP contribution is 2.32. The van der Waals surface area contributed by atoms with E-state index >= 15 is 0 Å². The van der Waals surface area contributed by atoms with Gasteiger partial charge in [-0.3, -0.25) is 19.6 Å². The number of aromatic nitrogens is 2. The van der Waals surface area contributed by atoms with Crippen LogP contribution in [0.3, 0.4) is 0 Å². The lowest BCUT2D eigenvalue weighted by molar-refractivity contribution is -0.149. The second kappa shape index (κ2) is 13.8. The molecular formula is C33H46N8O7. The molecule has 1 aromatic heterocycles. The quantitative estimate of drug-likeness (QED) is 0.418. The predicted octanol–water partition coefficient (Wildman–Crippen LogP) is 2.93. The molecule has 0 bridgehead atoms. The van der Waals surface area contributed by atoms with E-state index < -0.39 is 34.9 Å². The van der Waals surface area contributed by atoms with Crippen LogP contribution in [0.2, 0.25) is 0 Å². The fraction of sp³-hybridized carbons (Fsp3) is 0.576. The van der Waals surface area contributed by atoms with Gasteiger partial charge < -0.3 is 30.3 Å². The summed E-state index contributed by atoms with van der Waals surface area (Å²) in [6, 6.07) is 7.64. The average molecular weight is 667 g/mol. The molecule has 0 spiro atoms. The number of nitrogens with zero attached hydrogens (tertiary/aromatic N) is 5. The van der Waals surface area contributed by atoms with Crippen LogP contribution in [0.25, 0.3) is 5.69 Å². The van der Waals surface area contributed by atoms with Crippen molar-refractivity contribution < 1.29 is 28.7 Å². The van der Waals surface area contributed by atoms with Gasteiger partial charge in [0.1, 0.15) is 11.4 Å². The number of primary amides is 1. The molecule has 5 amide bonds. The van der Waals surface area contributed by atoms with Crippen LogP contribution in [0.1, 0.15) is 71.4 Å². The van der Waals surface area contributed by atoms with Gasteiger partial charge in [0.25, 0.3) is 5.91 Å². The third-order valence-electron chi connectivity index (χ3n) is 8.91. The summed E-state index contributed by atoms with van der Waals surface area (Å²) in [5.41, 5.74) is 5.70. The van der Waals surface area contributed by atoms with Gasteiger partial charge in [-0.15, -0.1) is 0 Å². The number of urea groups is 1. The molecule has 3 aliphatic rings. The molecule has 1 saturated heterocycles. The summed E-state index contributed by atoms with van der Waals surface area (Å²) >= 11 is 0. The molecule has 0 unspecified atom stereocenters. The topological polar surface area (TPSA) is 181 Å². The summed E-state index contributed by atoms with van der Waals surface area (Å²) < 4.78 is 11.8. The molecule has 1 aromatic carbocycles. The van der Waals surface area contributed by atoms with Crippen molar-refractivity contribution in [2.24, 2.45) is 5.73 Å². The van der Waals surface area contributed by atoms with Crippen LogP contribution in [0.15, 0.2) is 35.3 Å². The lowest BCUT2D eigenvalue weighted by atomic mass is 9.90. The Morgan fingerprint density at radius 3 is 2.15 bits per heavy atom. The molecule has 3 heterocycles. The highest BCUT2D eigenvalue weighted by atomic mass is 16.6. The number of alkyl carbamates (subject to hydrolysis) is 1. The van der Waals surface area contributed by atoms with Gasteiger partial charge in [0.05, 0.1) is 5.69 Å². The van der Waals surface area contributed by atoms with E-state index in [2.05, 4.69) is 20.5 Å². The molecule has 1 aliphatic carbocycles. The molecule has 15 nitrogen and oxygen atoms in total. The largest absolute Gasteiger partial charge is 0.444 e. The van der Waals surface area contributed by atoms with Crippen molar-refractivity contribution in [3.8, 4) is 5.69 Å². The number of hydrogen-bond donors (Lipinski definition) is 3. The van der Waals surface area contributed by atoms with Crippen LogP contribution in [-0.2, 0) is 27.4 Å². The first-order valence-electron chi connectivity index (χ1n) is 16.4. The zero-order chi connectivity index (χ0) is 34.8. The Morgan fingerprint density at radius 2 is 1.52 bits per heavy atom. The number of ether oxygens (including phenoxy) is 2. The summed E-state index contributed by atoms with van der Waals surface area (Å²) in [5.74, 6) is -0.275. The lowest BCUT2D eigenvalue weighted by Gasteiger charge is -2.37. The number of hydrogen-bond acceptors (Lipinski definition) is 9. The summed E-state index contributed by atoms with van der Waals surface area (Å²) in [7, 11) is 0. The van der Waals surface area contributed by atoms with Crippen LogP contribution in [0, 0.1) is 0 Å². The third kappa shape index (κ3) is 8.43. The van der Waals surface area contributed by atoms with Crippen molar-refractivity contribution in [3.05, 3.63) is 52.1 Å². The average Bonchev–Trinajstić information content (AvgIpc) is 3.43. The maximum atomic E-state index is 13.0. The fourth-order valence-electron chi connectivity index (χ4n) is 6.52. The van der Waals surface area contributed by atoms with E-state index in [4.69, 9.17) is 15.2 Å². The van der Waals surface area contributed by atoms with Gasteiger partial charge in [-0.2, -0.15) is 4.98 Å². The molecule has 260 valence electrons. The minimum Gasteiger partial charge on any atom is -0.444 e. The summed E-state index contributed by atoms with van der Waals surface area (Å²) in [4.78, 5) is 71.6. The monoisotopic (exact) mass is 666 g/mol. The van der Waals surface area contributed by atoms with Crippen LogP contribution < -0.4 is 22.1 Å². The zero-order valence-electron chi connectivity index (χ0n) is 28.3. The molecule has 2 aromatic rings. The Balaban J connectivity index is 1.12. The molecule has 1 saturated carbocycles. The maximum absolute atomic E-state index is 13.0. The molecule has 15 heteroatoms. The highest BCUT2D eigenvalue weighted by Gasteiger charge is 2.37. The maximum Gasteiger partial charge on any atom is 0.407 e. The Morgan fingerprint density at radius 1 is 0.875 bits per heavy atom. The first-order valence-corrected chi connectivity index (χ1v) is 16.4. The molecule has 4 N–H and O–H groups in total. The third-order valence-corrected chi connectivity index (χ3v) is 8.91. The van der Waals surface area contributed by atoms with Crippen LogP contribution in [-0.4, -0.2) is 97.8 Å². The van der Waals surface area contributed by atoms with Gasteiger partial charge in [-0.25, -0.2) is 19.2 Å². The smallest absolute Gasteiger partial charge is 0.407 e. The standard InChI is InChI=1S/C33H46N8O7/c1-32(2,3)48-31(46)35-23-7-10-24(11-8-23)40-19-21-6-9-25(18-22(21)20-40)41-13-12-26(37-30(41)45)36-29(44)39-16-14-38(15-17-39)27(42)33(4,5)47-28(34)43/h6,9,12-13,18,23-24H,7-8,10-11,14-17,19-20H2,1-5H3,(H2,34,43)(H,35,46)(H,36,37,44,45). The predicted molar refractivity (Wildman–Crippen MR) is 176 cm³/mol. The number of nitrogens with one attached hydrogen (secondary N) is 2. The first kappa shape index (κ1) is 34.7. The van der Waals surface area contributed by atoms with Gasteiger partial charge >= 0.3 is 23.9 Å². The number of piperazine rings is 1. The van der Waals surface area contributed by atoms with Crippen LogP contribution in [0.5, 0.6) is 0 Å².